The molecule has 3 atom stereocenters. The number of nitrogens with one attached hydrogen (secondary N) is 1. The van der Waals surface area contributed by atoms with E-state index >= 15 is 0 Å². The monoisotopic (exact) mass is 582 g/mol. The summed E-state index contributed by atoms with van der Waals surface area (Å²) in [5.74, 6) is -3.76. The number of carbonyl (C=O) groups excluding carboxylic acids is 3. The van der Waals surface area contributed by atoms with Gasteiger partial charge in [0.1, 0.15) is 17.7 Å². The molecule has 0 bridgehead atoms. The molecule has 1 fully saturated rings. The number of hydrogen-bond acceptors (Lipinski definition) is 5. The highest BCUT2D eigenvalue weighted by Crippen LogP contribution is 2.37. The molecule has 3 aromatic rings. The highest BCUT2D eigenvalue weighted by molar-refractivity contribution is 7.51. The molecule has 2 aromatic carbocycles. The van der Waals surface area contributed by atoms with E-state index in [1.54, 1.807) is 6.07 Å². The van der Waals surface area contributed by atoms with Crippen LogP contribution < -0.4 is 10.1 Å². The van der Waals surface area contributed by atoms with Gasteiger partial charge in [-0.3, -0.25) is 18.9 Å². The van der Waals surface area contributed by atoms with Gasteiger partial charge < -0.3 is 24.4 Å². The van der Waals surface area contributed by atoms with Crippen LogP contribution in [0.4, 0.5) is 8.78 Å². The molecular formula is C26H26ClF2N2O7P. The SMILES string of the molecule is CC(=O)c1cn(CC(=O)C2C[C@H](F)C[C@H]2C(=O)NCc2cccc(Cl)c2F)c2cc(OCP(=O)(O)O)ccc12. The van der Waals surface area contributed by atoms with Gasteiger partial charge in [0.2, 0.25) is 5.91 Å². The molecule has 9 nitrogen and oxygen atoms in total. The fourth-order valence-corrected chi connectivity index (χ4v) is 5.35. The maximum Gasteiger partial charge on any atom is 0.362 e. The number of Topliss-reactive ketones (excluding diaryl/α,β-unsaturated/α-hetero) is 2. The molecule has 1 amide bonds. The molecule has 0 saturated heterocycles. The minimum Gasteiger partial charge on any atom is -0.481 e. The maximum atomic E-state index is 14.4. The van der Waals surface area contributed by atoms with Crippen molar-refractivity contribution in [1.29, 1.82) is 0 Å². The van der Waals surface area contributed by atoms with Crippen molar-refractivity contribution < 1.29 is 42.3 Å². The van der Waals surface area contributed by atoms with Crippen molar-refractivity contribution in [3.8, 4) is 5.75 Å². The summed E-state index contributed by atoms with van der Waals surface area (Å²) in [6.45, 7) is 0.893. The number of ketones is 2. The molecule has 0 aliphatic heterocycles. The van der Waals surface area contributed by atoms with Crippen molar-refractivity contribution in [2.45, 2.75) is 39.0 Å². The topological polar surface area (TPSA) is 135 Å². The van der Waals surface area contributed by atoms with Gasteiger partial charge >= 0.3 is 7.60 Å². The molecule has 3 N–H and O–H groups in total. The highest BCUT2D eigenvalue weighted by atomic mass is 35.5. The van der Waals surface area contributed by atoms with Gasteiger partial charge in [0.25, 0.3) is 0 Å². The number of amides is 1. The van der Waals surface area contributed by atoms with Gasteiger partial charge in [-0.1, -0.05) is 23.7 Å². The summed E-state index contributed by atoms with van der Waals surface area (Å²) in [4.78, 5) is 56.6. The molecule has 1 aliphatic carbocycles. The van der Waals surface area contributed by atoms with Crippen LogP contribution in [0.2, 0.25) is 5.02 Å². The molecule has 0 radical (unpaired) electrons. The van der Waals surface area contributed by atoms with Crippen LogP contribution in [-0.4, -0.2) is 44.3 Å². The van der Waals surface area contributed by atoms with Gasteiger partial charge in [0.05, 0.1) is 23.0 Å². The molecule has 1 heterocycles. The first kappa shape index (κ1) is 28.9. The number of ether oxygens (including phenoxy) is 1. The zero-order valence-electron chi connectivity index (χ0n) is 20.8. The van der Waals surface area contributed by atoms with E-state index < -0.39 is 49.5 Å². The van der Waals surface area contributed by atoms with E-state index in [0.717, 1.165) is 0 Å². The van der Waals surface area contributed by atoms with E-state index in [1.807, 2.05) is 0 Å². The molecule has 1 saturated carbocycles. The average Bonchev–Trinajstić information content (AvgIpc) is 3.43. The van der Waals surface area contributed by atoms with Crippen LogP contribution in [0.3, 0.4) is 0 Å². The van der Waals surface area contributed by atoms with Crippen LogP contribution in [0.1, 0.15) is 35.7 Å². The van der Waals surface area contributed by atoms with E-state index in [2.05, 4.69) is 5.32 Å². The number of carbonyl (C=O) groups is 3. The molecule has 1 unspecified atom stereocenters. The summed E-state index contributed by atoms with van der Waals surface area (Å²) < 4.78 is 46.4. The summed E-state index contributed by atoms with van der Waals surface area (Å²) in [5, 5.41) is 2.97. The average molecular weight is 583 g/mol. The lowest BCUT2D eigenvalue weighted by Crippen LogP contribution is -2.36. The van der Waals surface area contributed by atoms with Crippen molar-refractivity contribution in [3.63, 3.8) is 0 Å². The van der Waals surface area contributed by atoms with Gasteiger partial charge in [-0.25, -0.2) is 8.78 Å². The van der Waals surface area contributed by atoms with Gasteiger partial charge in [-0.2, -0.15) is 0 Å². The maximum absolute atomic E-state index is 14.4. The molecule has 1 aromatic heterocycles. The standard InChI is InChI=1S/C26H26ClF2N2O7P/c1-14(32)21-11-31(23-9-17(5-6-18(21)23)38-13-39(35,36)37)12-24(33)19-7-16(28)8-20(19)26(34)30-10-15-3-2-4-22(27)25(15)29/h2-6,9,11,16,19-20H,7-8,10,12-13H2,1H3,(H,30,34)(H2,35,36,37)/t16-,19?,20+/m0/s1. The number of benzene rings is 2. The van der Waals surface area contributed by atoms with Crippen LogP contribution in [-0.2, 0) is 27.2 Å². The van der Waals surface area contributed by atoms with Crippen LogP contribution >= 0.6 is 19.2 Å². The fraction of sp³-hybridized carbons (Fsp3) is 0.346. The Morgan fingerprint density at radius 2 is 1.90 bits per heavy atom. The summed E-state index contributed by atoms with van der Waals surface area (Å²) in [6.07, 6.45) is -1.08. The van der Waals surface area contributed by atoms with E-state index in [-0.39, 0.29) is 48.0 Å². The molecule has 208 valence electrons. The molecule has 1 aliphatic rings. The van der Waals surface area contributed by atoms with Crippen molar-refractivity contribution in [3.05, 3.63) is 64.6 Å². The second kappa shape index (κ2) is 11.6. The first-order valence-corrected chi connectivity index (χ1v) is 14.2. The Balaban J connectivity index is 1.54. The Kier molecular flexibility index (Phi) is 8.56. The number of nitrogens with zero attached hydrogens (tertiary/aromatic N) is 1. The second-order valence-corrected chi connectivity index (χ2v) is 11.5. The lowest BCUT2D eigenvalue weighted by molar-refractivity contribution is -0.132. The zero-order valence-corrected chi connectivity index (χ0v) is 22.4. The van der Waals surface area contributed by atoms with Gasteiger partial charge in [-0.05, 0) is 38.0 Å². The number of aromatic nitrogens is 1. The molecule has 4 rings (SSSR count). The number of alkyl halides is 1. The zero-order chi connectivity index (χ0) is 28.5. The van der Waals surface area contributed by atoms with E-state index in [4.69, 9.17) is 26.1 Å². The number of hydrogen-bond donors (Lipinski definition) is 3. The second-order valence-electron chi connectivity index (χ2n) is 9.52. The molecule has 39 heavy (non-hydrogen) atoms. The Labute approximate surface area is 227 Å². The predicted molar refractivity (Wildman–Crippen MR) is 139 cm³/mol. The lowest BCUT2D eigenvalue weighted by atomic mass is 9.91. The molecule has 0 spiro atoms. The van der Waals surface area contributed by atoms with Crippen molar-refractivity contribution in [2.75, 3.05) is 6.35 Å². The van der Waals surface area contributed by atoms with Crippen LogP contribution in [0, 0.1) is 17.7 Å². The Morgan fingerprint density at radius 3 is 2.59 bits per heavy atom. The summed E-state index contributed by atoms with van der Waals surface area (Å²) in [6, 6.07) is 8.80. The van der Waals surface area contributed by atoms with Crippen molar-refractivity contribution >= 4 is 47.6 Å². The fourth-order valence-electron chi connectivity index (χ4n) is 4.84. The number of halogens is 3. The normalized spacial score (nSPS) is 19.3. The summed E-state index contributed by atoms with van der Waals surface area (Å²) in [7, 11) is -4.44. The van der Waals surface area contributed by atoms with E-state index in [0.29, 0.717) is 16.5 Å². The minimum absolute atomic E-state index is 0.0985. The number of fused-ring (bicyclic) bond motifs is 1. The van der Waals surface area contributed by atoms with Crippen LogP contribution in [0.15, 0.2) is 42.6 Å². The predicted octanol–water partition coefficient (Wildman–Crippen LogP) is 4.40. The van der Waals surface area contributed by atoms with Gasteiger partial charge in [-0.15, -0.1) is 0 Å². The molecule has 13 heteroatoms. The van der Waals surface area contributed by atoms with E-state index in [1.165, 1.54) is 48.0 Å². The molecular weight excluding hydrogens is 557 g/mol. The van der Waals surface area contributed by atoms with Crippen LogP contribution in [0.25, 0.3) is 10.9 Å². The largest absolute Gasteiger partial charge is 0.481 e. The quantitative estimate of drug-likeness (QED) is 0.238. The first-order valence-electron chi connectivity index (χ1n) is 12.0. The minimum atomic E-state index is -4.44. The first-order chi connectivity index (χ1) is 18.3. The van der Waals surface area contributed by atoms with Gasteiger partial charge in [0, 0.05) is 41.2 Å². The van der Waals surface area contributed by atoms with Crippen molar-refractivity contribution in [1.82, 2.24) is 9.88 Å². The third-order valence-corrected chi connectivity index (χ3v) is 7.46. The Bertz CT molecular complexity index is 1490. The Morgan fingerprint density at radius 1 is 1.18 bits per heavy atom. The van der Waals surface area contributed by atoms with Gasteiger partial charge in [0.15, 0.2) is 17.9 Å². The smallest absolute Gasteiger partial charge is 0.362 e. The van der Waals surface area contributed by atoms with Crippen LogP contribution in [0.5, 0.6) is 5.75 Å². The summed E-state index contributed by atoms with van der Waals surface area (Å²) >= 11 is 5.78. The summed E-state index contributed by atoms with van der Waals surface area (Å²) in [5.41, 5.74) is 0.858. The lowest BCUT2D eigenvalue weighted by Gasteiger charge is -2.19. The highest BCUT2D eigenvalue weighted by Gasteiger charge is 2.42. The third kappa shape index (κ3) is 6.73. The number of rotatable bonds is 10. The third-order valence-electron chi connectivity index (χ3n) is 6.70. The Hall–Kier alpha value is -3.11. The van der Waals surface area contributed by atoms with Crippen molar-refractivity contribution in [2.24, 2.45) is 11.8 Å². The van der Waals surface area contributed by atoms with E-state index in [9.17, 15) is 27.7 Å².